The van der Waals surface area contributed by atoms with Crippen molar-refractivity contribution in [3.63, 3.8) is 0 Å². The second kappa shape index (κ2) is 2.57. The van der Waals surface area contributed by atoms with Crippen LogP contribution >= 0.6 is 11.9 Å². The summed E-state index contributed by atoms with van der Waals surface area (Å²) in [5, 5.41) is 1.71. The first-order valence-corrected chi connectivity index (χ1v) is 3.06. The molecule has 0 atom stereocenters. The third kappa shape index (κ3) is 1.42. The van der Waals surface area contributed by atoms with Crippen molar-refractivity contribution in [1.82, 2.24) is 4.72 Å². The minimum Gasteiger partial charge on any atom is -0.333 e. The standard InChI is InChI=1S/C5H5NOS/c7-5-1-3-6-8-4-2-5/h1-4,6H. The summed E-state index contributed by atoms with van der Waals surface area (Å²) in [4.78, 5) is 10.5. The first-order chi connectivity index (χ1) is 3.89. The lowest BCUT2D eigenvalue weighted by molar-refractivity contribution is -0.110. The molecule has 0 aromatic rings. The molecule has 0 saturated carbocycles. The average Bonchev–Trinajstić information content (AvgIpc) is 1.94. The molecule has 0 radical (unpaired) electrons. The number of allylic oxidation sites excluding steroid dienone is 2. The Morgan fingerprint density at radius 1 is 1.50 bits per heavy atom. The van der Waals surface area contributed by atoms with Gasteiger partial charge in [0, 0.05) is 12.3 Å². The summed E-state index contributed by atoms with van der Waals surface area (Å²) < 4.78 is 2.81. The minimum absolute atomic E-state index is 0.0301. The molecule has 1 rings (SSSR count). The van der Waals surface area contributed by atoms with Crippen LogP contribution in [0.4, 0.5) is 0 Å². The van der Waals surface area contributed by atoms with Crippen LogP contribution in [0.1, 0.15) is 0 Å². The molecular formula is C5H5NOS. The van der Waals surface area contributed by atoms with E-state index in [0.717, 1.165) is 0 Å². The van der Waals surface area contributed by atoms with Gasteiger partial charge in [0.05, 0.1) is 0 Å². The van der Waals surface area contributed by atoms with Gasteiger partial charge in [0.15, 0.2) is 5.78 Å². The van der Waals surface area contributed by atoms with Gasteiger partial charge in [-0.15, -0.1) is 0 Å². The molecule has 0 spiro atoms. The number of nitrogens with one attached hydrogen (secondary N) is 1. The van der Waals surface area contributed by atoms with Crippen molar-refractivity contribution in [2.45, 2.75) is 0 Å². The topological polar surface area (TPSA) is 29.1 Å². The molecule has 0 aromatic heterocycles. The molecule has 8 heavy (non-hydrogen) atoms. The highest BCUT2D eigenvalue weighted by Crippen LogP contribution is 1.98. The van der Waals surface area contributed by atoms with Crippen LogP contribution in [0.25, 0.3) is 0 Å². The average molecular weight is 127 g/mol. The van der Waals surface area contributed by atoms with E-state index in [2.05, 4.69) is 4.72 Å². The predicted octanol–water partition coefficient (Wildman–Crippen LogP) is 0.834. The van der Waals surface area contributed by atoms with E-state index in [-0.39, 0.29) is 5.78 Å². The number of ketones is 1. The Kier molecular flexibility index (Phi) is 1.75. The van der Waals surface area contributed by atoms with Crippen LogP contribution in [-0.4, -0.2) is 5.78 Å². The summed E-state index contributed by atoms with van der Waals surface area (Å²) in [6.45, 7) is 0. The minimum atomic E-state index is 0.0301. The van der Waals surface area contributed by atoms with Crippen molar-refractivity contribution in [3.8, 4) is 0 Å². The fourth-order valence-corrected chi connectivity index (χ4v) is 0.779. The highest BCUT2D eigenvalue weighted by molar-refractivity contribution is 8.00. The van der Waals surface area contributed by atoms with Crippen molar-refractivity contribution in [1.29, 1.82) is 0 Å². The van der Waals surface area contributed by atoms with E-state index in [4.69, 9.17) is 0 Å². The second-order valence-corrected chi connectivity index (χ2v) is 2.02. The zero-order valence-electron chi connectivity index (χ0n) is 4.13. The van der Waals surface area contributed by atoms with E-state index in [0.29, 0.717) is 0 Å². The van der Waals surface area contributed by atoms with Gasteiger partial charge in [-0.25, -0.2) is 0 Å². The summed E-state index contributed by atoms with van der Waals surface area (Å²) in [7, 11) is 0. The molecule has 3 heteroatoms. The highest BCUT2D eigenvalue weighted by atomic mass is 32.2. The van der Waals surface area contributed by atoms with Crippen LogP contribution in [0, 0.1) is 0 Å². The maximum absolute atomic E-state index is 10.5. The van der Waals surface area contributed by atoms with Gasteiger partial charge in [-0.1, -0.05) is 0 Å². The van der Waals surface area contributed by atoms with Gasteiger partial charge < -0.3 is 4.72 Å². The SMILES string of the molecule is O=C1C=CNSC=C1. The zero-order chi connectivity index (χ0) is 5.82. The lowest BCUT2D eigenvalue weighted by Gasteiger charge is -1.83. The quantitative estimate of drug-likeness (QED) is 0.489. The van der Waals surface area contributed by atoms with Crippen LogP contribution in [-0.2, 0) is 4.79 Å². The van der Waals surface area contributed by atoms with E-state index in [1.165, 1.54) is 24.1 Å². The normalized spacial score (nSPS) is 17.8. The van der Waals surface area contributed by atoms with Crippen molar-refractivity contribution < 1.29 is 4.79 Å². The smallest absolute Gasteiger partial charge is 0.180 e. The maximum atomic E-state index is 10.5. The predicted molar refractivity (Wildman–Crippen MR) is 34.0 cm³/mol. The summed E-state index contributed by atoms with van der Waals surface area (Å²) >= 11 is 1.38. The van der Waals surface area contributed by atoms with Crippen LogP contribution in [0.2, 0.25) is 0 Å². The Balaban J connectivity index is 2.64. The van der Waals surface area contributed by atoms with Gasteiger partial charge in [0.25, 0.3) is 0 Å². The number of hydrogen-bond acceptors (Lipinski definition) is 3. The summed E-state index contributed by atoms with van der Waals surface area (Å²) in [5.74, 6) is 0.0301. The Morgan fingerprint density at radius 3 is 3.25 bits per heavy atom. The third-order valence-corrected chi connectivity index (χ3v) is 1.23. The Labute approximate surface area is 51.8 Å². The van der Waals surface area contributed by atoms with Crippen LogP contribution < -0.4 is 4.72 Å². The zero-order valence-corrected chi connectivity index (χ0v) is 4.94. The van der Waals surface area contributed by atoms with Crippen molar-refractivity contribution in [2.75, 3.05) is 0 Å². The van der Waals surface area contributed by atoms with E-state index >= 15 is 0 Å². The third-order valence-electron chi connectivity index (χ3n) is 0.684. The molecule has 0 aliphatic carbocycles. The van der Waals surface area contributed by atoms with Gasteiger partial charge in [-0.3, -0.25) is 4.79 Å². The summed E-state index contributed by atoms with van der Waals surface area (Å²) in [5.41, 5.74) is 0. The largest absolute Gasteiger partial charge is 0.333 e. The number of carbonyl (C=O) groups is 1. The molecule has 42 valence electrons. The monoisotopic (exact) mass is 127 g/mol. The Hall–Kier alpha value is -0.700. The first-order valence-electron chi connectivity index (χ1n) is 2.18. The lowest BCUT2D eigenvalue weighted by Crippen LogP contribution is -1.86. The van der Waals surface area contributed by atoms with Gasteiger partial charge in [0.2, 0.25) is 0 Å². The number of rotatable bonds is 0. The first kappa shape index (κ1) is 5.44. The summed E-state index contributed by atoms with van der Waals surface area (Å²) in [6.07, 6.45) is 4.62. The maximum Gasteiger partial charge on any atom is 0.180 e. The van der Waals surface area contributed by atoms with Crippen LogP contribution in [0.5, 0.6) is 0 Å². The van der Waals surface area contributed by atoms with E-state index < -0.39 is 0 Å². The molecule has 0 amide bonds. The molecule has 0 saturated heterocycles. The molecule has 0 unspecified atom stereocenters. The van der Waals surface area contributed by atoms with Gasteiger partial charge >= 0.3 is 0 Å². The summed E-state index contributed by atoms with van der Waals surface area (Å²) in [6, 6.07) is 0. The van der Waals surface area contributed by atoms with Crippen molar-refractivity contribution in [2.24, 2.45) is 0 Å². The fraction of sp³-hybridized carbons (Fsp3) is 0. The van der Waals surface area contributed by atoms with Gasteiger partial charge in [0.1, 0.15) is 0 Å². The molecule has 1 N–H and O–H groups in total. The molecule has 1 aliphatic heterocycles. The number of carbonyl (C=O) groups excluding carboxylic acids is 1. The van der Waals surface area contributed by atoms with Gasteiger partial charge in [-0.05, 0) is 23.4 Å². The molecule has 0 aromatic carbocycles. The van der Waals surface area contributed by atoms with Crippen LogP contribution in [0.3, 0.4) is 0 Å². The molecule has 0 fully saturated rings. The van der Waals surface area contributed by atoms with E-state index in [9.17, 15) is 4.79 Å². The van der Waals surface area contributed by atoms with Gasteiger partial charge in [-0.2, -0.15) is 0 Å². The Bertz CT molecular complexity index is 135. The molecule has 1 aliphatic rings. The molecular weight excluding hydrogens is 122 g/mol. The van der Waals surface area contributed by atoms with Crippen LogP contribution in [0.15, 0.2) is 23.8 Å². The van der Waals surface area contributed by atoms with E-state index in [1.54, 1.807) is 11.6 Å². The molecule has 2 nitrogen and oxygen atoms in total. The Morgan fingerprint density at radius 2 is 2.38 bits per heavy atom. The van der Waals surface area contributed by atoms with E-state index in [1.807, 2.05) is 0 Å². The molecule has 0 bridgehead atoms. The van der Waals surface area contributed by atoms with Crippen molar-refractivity contribution >= 4 is 17.7 Å². The number of hydrogen-bond donors (Lipinski definition) is 1. The molecule has 1 heterocycles. The van der Waals surface area contributed by atoms with Crippen molar-refractivity contribution in [3.05, 3.63) is 23.8 Å². The second-order valence-electron chi connectivity index (χ2n) is 1.27. The lowest BCUT2D eigenvalue weighted by atomic mass is 10.4. The highest BCUT2D eigenvalue weighted by Gasteiger charge is 1.89. The fourth-order valence-electron chi connectivity index (χ4n) is 0.351.